The minimum Gasteiger partial charge on any atom is -0.370 e. The van der Waals surface area contributed by atoms with Gasteiger partial charge in [0.25, 0.3) is 0 Å². The lowest BCUT2D eigenvalue weighted by Gasteiger charge is -2.30. The number of carbonyl (C=O) groups is 1. The van der Waals surface area contributed by atoms with Crippen LogP contribution in [0.1, 0.15) is 38.5 Å². The first-order valence-electron chi connectivity index (χ1n) is 8.20. The molecule has 0 spiro atoms. The van der Waals surface area contributed by atoms with Crippen LogP contribution in [0, 0.1) is 0 Å². The number of hydrogen-bond acceptors (Lipinski definition) is 3. The van der Waals surface area contributed by atoms with E-state index in [4.69, 9.17) is 0 Å². The molecule has 2 aliphatic rings. The molecule has 0 bridgehead atoms. The first kappa shape index (κ1) is 14.4. The largest absolute Gasteiger partial charge is 0.370 e. The van der Waals surface area contributed by atoms with Gasteiger partial charge in [0, 0.05) is 32.1 Å². The van der Waals surface area contributed by atoms with Gasteiger partial charge in [-0.05, 0) is 44.2 Å². The summed E-state index contributed by atoms with van der Waals surface area (Å²) in [4.78, 5) is 14.5. The summed E-state index contributed by atoms with van der Waals surface area (Å²) in [6.45, 7) is 2.97. The molecule has 1 saturated heterocycles. The van der Waals surface area contributed by atoms with Crippen molar-refractivity contribution >= 4 is 17.3 Å². The molecule has 2 N–H and O–H groups in total. The van der Waals surface area contributed by atoms with Crippen molar-refractivity contribution in [2.24, 2.45) is 0 Å². The van der Waals surface area contributed by atoms with Crippen molar-refractivity contribution in [3.8, 4) is 0 Å². The van der Waals surface area contributed by atoms with Crippen molar-refractivity contribution < 1.29 is 4.79 Å². The molecule has 0 aromatic heterocycles. The quantitative estimate of drug-likeness (QED) is 0.845. The van der Waals surface area contributed by atoms with Gasteiger partial charge in [-0.3, -0.25) is 4.79 Å². The summed E-state index contributed by atoms with van der Waals surface area (Å²) in [5.41, 5.74) is 2.12. The number of benzene rings is 1. The van der Waals surface area contributed by atoms with Crippen LogP contribution in [0.25, 0.3) is 0 Å². The molecule has 1 heterocycles. The lowest BCUT2D eigenvalue weighted by Crippen LogP contribution is -2.30. The molecule has 2 fully saturated rings. The Morgan fingerprint density at radius 2 is 1.90 bits per heavy atom. The molecule has 21 heavy (non-hydrogen) atoms. The number of piperidine rings is 1. The predicted molar refractivity (Wildman–Crippen MR) is 86.8 cm³/mol. The standard InChI is InChI=1S/C17H25N3O/c21-17(10-11-18-14-8-9-14)19-15-6-2-3-7-16(15)20-12-4-1-5-13-20/h2-3,6-7,14,18H,1,4-5,8-13H2,(H,19,21). The van der Waals surface area contributed by atoms with E-state index < -0.39 is 0 Å². The van der Waals surface area contributed by atoms with Gasteiger partial charge in [-0.1, -0.05) is 12.1 Å². The van der Waals surface area contributed by atoms with E-state index in [1.54, 1.807) is 0 Å². The second-order valence-electron chi connectivity index (χ2n) is 6.09. The van der Waals surface area contributed by atoms with Crippen molar-refractivity contribution in [2.45, 2.75) is 44.6 Å². The minimum absolute atomic E-state index is 0.104. The average Bonchev–Trinajstić information content (AvgIpc) is 3.33. The number of amides is 1. The predicted octanol–water partition coefficient (Wildman–Crippen LogP) is 2.76. The van der Waals surface area contributed by atoms with Crippen LogP contribution in [0.15, 0.2) is 24.3 Å². The first-order valence-corrected chi connectivity index (χ1v) is 8.20. The third kappa shape index (κ3) is 4.21. The van der Waals surface area contributed by atoms with Crippen LogP contribution in [0.5, 0.6) is 0 Å². The van der Waals surface area contributed by atoms with Crippen LogP contribution in [0.3, 0.4) is 0 Å². The Morgan fingerprint density at radius 3 is 2.67 bits per heavy atom. The summed E-state index contributed by atoms with van der Waals surface area (Å²) in [7, 11) is 0. The van der Waals surface area contributed by atoms with Crippen LogP contribution < -0.4 is 15.5 Å². The molecule has 1 amide bonds. The monoisotopic (exact) mass is 287 g/mol. The highest BCUT2D eigenvalue weighted by Crippen LogP contribution is 2.28. The second-order valence-corrected chi connectivity index (χ2v) is 6.09. The van der Waals surface area contributed by atoms with Crippen LogP contribution in [-0.4, -0.2) is 31.6 Å². The first-order chi connectivity index (χ1) is 10.3. The second kappa shape index (κ2) is 6.94. The highest BCUT2D eigenvalue weighted by molar-refractivity contribution is 5.94. The molecular weight excluding hydrogens is 262 g/mol. The lowest BCUT2D eigenvalue weighted by molar-refractivity contribution is -0.116. The van der Waals surface area contributed by atoms with Crippen LogP contribution in [-0.2, 0) is 4.79 Å². The van der Waals surface area contributed by atoms with Crippen molar-refractivity contribution in [3.05, 3.63) is 24.3 Å². The summed E-state index contributed by atoms with van der Waals surface area (Å²) in [5, 5.41) is 6.46. The van der Waals surface area contributed by atoms with Gasteiger partial charge in [0.05, 0.1) is 11.4 Å². The van der Waals surface area contributed by atoms with E-state index in [0.29, 0.717) is 12.5 Å². The highest BCUT2D eigenvalue weighted by Gasteiger charge is 2.20. The average molecular weight is 287 g/mol. The van der Waals surface area contributed by atoms with Gasteiger partial charge in [-0.2, -0.15) is 0 Å². The van der Waals surface area contributed by atoms with E-state index >= 15 is 0 Å². The molecule has 4 nitrogen and oxygen atoms in total. The Bertz CT molecular complexity index is 479. The van der Waals surface area contributed by atoms with Gasteiger partial charge in [0.2, 0.25) is 5.91 Å². The Labute approximate surface area is 126 Å². The molecule has 114 valence electrons. The Balaban J connectivity index is 1.56. The van der Waals surface area contributed by atoms with Gasteiger partial charge in [-0.15, -0.1) is 0 Å². The van der Waals surface area contributed by atoms with E-state index in [0.717, 1.165) is 25.3 Å². The van der Waals surface area contributed by atoms with Crippen molar-refractivity contribution in [2.75, 3.05) is 29.9 Å². The number of hydrogen-bond donors (Lipinski definition) is 2. The lowest BCUT2D eigenvalue weighted by atomic mass is 10.1. The van der Waals surface area contributed by atoms with E-state index in [1.807, 2.05) is 18.2 Å². The van der Waals surface area contributed by atoms with Crippen LogP contribution in [0.2, 0.25) is 0 Å². The van der Waals surface area contributed by atoms with E-state index in [1.165, 1.54) is 37.8 Å². The normalized spacial score (nSPS) is 18.6. The summed E-state index contributed by atoms with van der Waals surface area (Å²) < 4.78 is 0. The number of rotatable bonds is 6. The summed E-state index contributed by atoms with van der Waals surface area (Å²) in [6.07, 6.45) is 6.88. The zero-order chi connectivity index (χ0) is 14.5. The topological polar surface area (TPSA) is 44.4 Å². The maximum absolute atomic E-state index is 12.1. The number of nitrogens with one attached hydrogen (secondary N) is 2. The molecule has 1 aromatic carbocycles. The molecule has 1 aromatic rings. The van der Waals surface area contributed by atoms with Crippen molar-refractivity contribution in [3.63, 3.8) is 0 Å². The number of para-hydroxylation sites is 2. The highest BCUT2D eigenvalue weighted by atomic mass is 16.1. The van der Waals surface area contributed by atoms with Gasteiger partial charge in [-0.25, -0.2) is 0 Å². The maximum Gasteiger partial charge on any atom is 0.225 e. The minimum atomic E-state index is 0.104. The molecule has 1 saturated carbocycles. The van der Waals surface area contributed by atoms with Gasteiger partial charge < -0.3 is 15.5 Å². The third-order valence-electron chi connectivity index (χ3n) is 4.24. The fourth-order valence-corrected chi connectivity index (χ4v) is 2.88. The zero-order valence-electron chi connectivity index (χ0n) is 12.6. The number of carbonyl (C=O) groups excluding carboxylic acids is 1. The molecule has 0 unspecified atom stereocenters. The SMILES string of the molecule is O=C(CCNC1CC1)Nc1ccccc1N1CCCCC1. The molecule has 3 rings (SSSR count). The smallest absolute Gasteiger partial charge is 0.225 e. The molecular formula is C17H25N3O. The fourth-order valence-electron chi connectivity index (χ4n) is 2.88. The zero-order valence-corrected chi connectivity index (χ0v) is 12.6. The van der Waals surface area contributed by atoms with Crippen LogP contribution >= 0.6 is 0 Å². The summed E-state index contributed by atoms with van der Waals surface area (Å²) >= 11 is 0. The van der Waals surface area contributed by atoms with Gasteiger partial charge in [0.1, 0.15) is 0 Å². The maximum atomic E-state index is 12.1. The molecule has 1 aliphatic heterocycles. The summed E-state index contributed by atoms with van der Waals surface area (Å²) in [5.74, 6) is 0.104. The van der Waals surface area contributed by atoms with E-state index in [-0.39, 0.29) is 5.91 Å². The molecule has 4 heteroatoms. The molecule has 0 radical (unpaired) electrons. The molecule has 1 aliphatic carbocycles. The Kier molecular flexibility index (Phi) is 4.76. The fraction of sp³-hybridized carbons (Fsp3) is 0.588. The van der Waals surface area contributed by atoms with Crippen molar-refractivity contribution in [1.82, 2.24) is 5.32 Å². The Hall–Kier alpha value is -1.55. The third-order valence-corrected chi connectivity index (χ3v) is 4.24. The Morgan fingerprint density at radius 1 is 1.14 bits per heavy atom. The van der Waals surface area contributed by atoms with Crippen LogP contribution in [0.4, 0.5) is 11.4 Å². The van der Waals surface area contributed by atoms with Crippen molar-refractivity contribution in [1.29, 1.82) is 0 Å². The number of nitrogens with zero attached hydrogens (tertiary/aromatic N) is 1. The van der Waals surface area contributed by atoms with E-state index in [9.17, 15) is 4.79 Å². The summed E-state index contributed by atoms with van der Waals surface area (Å²) in [6, 6.07) is 8.83. The number of anilines is 2. The van der Waals surface area contributed by atoms with E-state index in [2.05, 4.69) is 21.6 Å². The van der Waals surface area contributed by atoms with Gasteiger partial charge in [0.15, 0.2) is 0 Å². The van der Waals surface area contributed by atoms with Gasteiger partial charge >= 0.3 is 0 Å². The molecule has 0 atom stereocenters.